The number of benzene rings is 1. The summed E-state index contributed by atoms with van der Waals surface area (Å²) in [6, 6.07) is 6.78. The second-order valence-electron chi connectivity index (χ2n) is 5.75. The van der Waals surface area contributed by atoms with Gasteiger partial charge in [0.25, 0.3) is 0 Å². The van der Waals surface area contributed by atoms with E-state index in [0.717, 1.165) is 5.56 Å². The molecule has 1 aromatic rings. The number of aliphatic hydroxyl groups is 1. The highest BCUT2D eigenvalue weighted by Gasteiger charge is 2.29. The highest BCUT2D eigenvalue weighted by atomic mass is 16.5. The van der Waals surface area contributed by atoms with Crippen LogP contribution in [0.5, 0.6) is 0 Å². The van der Waals surface area contributed by atoms with Gasteiger partial charge in [0.15, 0.2) is 0 Å². The zero-order chi connectivity index (χ0) is 19.5. The largest absolute Gasteiger partial charge is 0.445 e. The van der Waals surface area contributed by atoms with Gasteiger partial charge in [-0.25, -0.2) is 4.79 Å². The lowest BCUT2D eigenvalue weighted by molar-refractivity contribution is -0.130. The molecule has 26 heavy (non-hydrogen) atoms. The third kappa shape index (κ3) is 7.35. The monoisotopic (exact) mass is 363 g/mol. The normalized spacial score (nSPS) is 13.8. The zero-order valence-electron chi connectivity index (χ0n) is 14.7. The van der Waals surface area contributed by atoms with Gasteiger partial charge in [-0.2, -0.15) is 0 Å². The van der Waals surface area contributed by atoms with E-state index in [1.54, 1.807) is 30.3 Å². The summed E-state index contributed by atoms with van der Waals surface area (Å²) in [4.78, 5) is 35.6. The molecule has 0 fully saturated rings. The van der Waals surface area contributed by atoms with E-state index in [2.05, 4.69) is 17.2 Å². The second kappa shape index (κ2) is 10.9. The molecule has 0 spiro atoms. The van der Waals surface area contributed by atoms with E-state index in [0.29, 0.717) is 6.42 Å². The summed E-state index contributed by atoms with van der Waals surface area (Å²) >= 11 is 0. The van der Waals surface area contributed by atoms with Gasteiger partial charge >= 0.3 is 6.09 Å². The summed E-state index contributed by atoms with van der Waals surface area (Å²) in [6.45, 7) is 4.90. The Morgan fingerprint density at radius 3 is 2.46 bits per heavy atom. The highest BCUT2D eigenvalue weighted by molar-refractivity contribution is 5.91. The minimum atomic E-state index is -1.29. The quantitative estimate of drug-likeness (QED) is 0.452. The molecule has 8 heteroatoms. The highest BCUT2D eigenvalue weighted by Crippen LogP contribution is 2.03. The Morgan fingerprint density at radius 1 is 1.27 bits per heavy atom. The van der Waals surface area contributed by atoms with E-state index in [9.17, 15) is 19.5 Å². The lowest BCUT2D eigenvalue weighted by Crippen LogP contribution is -2.56. The summed E-state index contributed by atoms with van der Waals surface area (Å²) < 4.78 is 5.03. The standard InChI is InChI=1S/C18H25N3O5/c1-3-4-10-14(16(19)23)20-17(24)15(12(2)22)21-18(25)26-11-13-8-6-5-7-9-13/h3,5-9,12,14-15,22H,1,4,10-11H2,2H3,(H2,19,23)(H,20,24)(H,21,25)/t12-,14-,15+/m1/s1. The lowest BCUT2D eigenvalue weighted by atomic mass is 10.1. The third-order valence-corrected chi connectivity index (χ3v) is 3.57. The number of nitrogens with two attached hydrogens (primary N) is 1. The summed E-state index contributed by atoms with van der Waals surface area (Å²) in [5, 5.41) is 14.5. The van der Waals surface area contributed by atoms with Crippen LogP contribution in [-0.2, 0) is 20.9 Å². The van der Waals surface area contributed by atoms with Gasteiger partial charge in [0, 0.05) is 0 Å². The number of hydrogen-bond acceptors (Lipinski definition) is 5. The molecule has 0 radical (unpaired) electrons. The molecule has 3 atom stereocenters. The molecule has 5 N–H and O–H groups in total. The Bertz CT molecular complexity index is 619. The molecule has 3 amide bonds. The van der Waals surface area contributed by atoms with Crippen LogP contribution < -0.4 is 16.4 Å². The van der Waals surface area contributed by atoms with Crippen molar-refractivity contribution >= 4 is 17.9 Å². The molecule has 0 saturated heterocycles. The molecule has 0 aromatic heterocycles. The zero-order valence-corrected chi connectivity index (χ0v) is 14.7. The van der Waals surface area contributed by atoms with Crippen molar-refractivity contribution < 1.29 is 24.2 Å². The summed E-state index contributed by atoms with van der Waals surface area (Å²) in [7, 11) is 0. The van der Waals surface area contributed by atoms with Crippen molar-refractivity contribution in [3.8, 4) is 0 Å². The van der Waals surface area contributed by atoms with Crippen LogP contribution in [0.1, 0.15) is 25.3 Å². The fourth-order valence-corrected chi connectivity index (χ4v) is 2.13. The van der Waals surface area contributed by atoms with Crippen LogP contribution in [-0.4, -0.2) is 41.2 Å². The summed E-state index contributed by atoms with van der Waals surface area (Å²) in [5.41, 5.74) is 6.03. The van der Waals surface area contributed by atoms with Crippen LogP contribution >= 0.6 is 0 Å². The Hall–Kier alpha value is -2.87. The molecule has 1 rings (SSSR count). The summed E-state index contributed by atoms with van der Waals surface area (Å²) in [6.07, 6.45) is 0.270. The summed E-state index contributed by atoms with van der Waals surface area (Å²) in [5.74, 6) is -1.44. The predicted molar refractivity (Wildman–Crippen MR) is 95.8 cm³/mol. The first-order chi connectivity index (χ1) is 12.3. The molecular weight excluding hydrogens is 338 g/mol. The number of hydrogen-bond donors (Lipinski definition) is 4. The van der Waals surface area contributed by atoms with Gasteiger partial charge < -0.3 is 26.2 Å². The first kappa shape index (κ1) is 21.2. The fourth-order valence-electron chi connectivity index (χ4n) is 2.13. The van der Waals surface area contributed by atoms with E-state index in [1.165, 1.54) is 6.92 Å². The van der Waals surface area contributed by atoms with Crippen LogP contribution in [0.2, 0.25) is 0 Å². The average molecular weight is 363 g/mol. The van der Waals surface area contributed by atoms with Crippen molar-refractivity contribution in [1.29, 1.82) is 0 Å². The van der Waals surface area contributed by atoms with Gasteiger partial charge in [0.2, 0.25) is 11.8 Å². The number of alkyl carbamates (subject to hydrolysis) is 1. The molecule has 142 valence electrons. The lowest BCUT2D eigenvalue weighted by Gasteiger charge is -2.23. The van der Waals surface area contributed by atoms with Gasteiger partial charge in [-0.05, 0) is 25.3 Å². The van der Waals surface area contributed by atoms with Gasteiger partial charge in [-0.1, -0.05) is 36.4 Å². The van der Waals surface area contributed by atoms with Crippen molar-refractivity contribution in [1.82, 2.24) is 10.6 Å². The molecule has 0 aliphatic heterocycles. The SMILES string of the molecule is C=CCC[C@@H](NC(=O)[C@@H](NC(=O)OCc1ccccc1)[C@@H](C)O)C(N)=O. The maximum Gasteiger partial charge on any atom is 0.408 e. The van der Waals surface area contributed by atoms with Gasteiger partial charge in [0.1, 0.15) is 18.7 Å². The third-order valence-electron chi connectivity index (χ3n) is 3.57. The van der Waals surface area contributed by atoms with E-state index >= 15 is 0 Å². The predicted octanol–water partition coefficient (Wildman–Crippen LogP) is 0.599. The Morgan fingerprint density at radius 2 is 1.92 bits per heavy atom. The van der Waals surface area contributed by atoms with E-state index < -0.39 is 36.1 Å². The number of primary amides is 1. The molecule has 0 aliphatic carbocycles. The molecule has 0 aliphatic rings. The Kier molecular flexibility index (Phi) is 8.86. The molecule has 8 nitrogen and oxygen atoms in total. The van der Waals surface area contributed by atoms with Crippen molar-refractivity contribution in [2.24, 2.45) is 5.73 Å². The van der Waals surface area contributed by atoms with Gasteiger partial charge in [-0.3, -0.25) is 9.59 Å². The van der Waals surface area contributed by atoms with Crippen LogP contribution in [0, 0.1) is 0 Å². The van der Waals surface area contributed by atoms with Crippen molar-refractivity contribution in [2.75, 3.05) is 0 Å². The van der Waals surface area contributed by atoms with Crippen molar-refractivity contribution in [3.05, 3.63) is 48.6 Å². The molecule has 0 unspecified atom stereocenters. The first-order valence-corrected chi connectivity index (χ1v) is 8.21. The van der Waals surface area contributed by atoms with Crippen molar-refractivity contribution in [3.63, 3.8) is 0 Å². The fraction of sp³-hybridized carbons (Fsp3) is 0.389. The van der Waals surface area contributed by atoms with Crippen LogP contribution in [0.4, 0.5) is 4.79 Å². The van der Waals surface area contributed by atoms with E-state index in [4.69, 9.17) is 10.5 Å². The number of amides is 3. The molecule has 1 aromatic carbocycles. The topological polar surface area (TPSA) is 131 Å². The Balaban J connectivity index is 2.62. The minimum Gasteiger partial charge on any atom is -0.445 e. The maximum atomic E-state index is 12.3. The molecule has 0 bridgehead atoms. The van der Waals surface area contributed by atoms with Crippen LogP contribution in [0.15, 0.2) is 43.0 Å². The number of aliphatic hydroxyl groups excluding tert-OH is 1. The minimum absolute atomic E-state index is 0.0179. The number of carbonyl (C=O) groups is 3. The van der Waals surface area contributed by atoms with Crippen molar-refractivity contribution in [2.45, 2.75) is 44.6 Å². The number of allylic oxidation sites excluding steroid dienone is 1. The number of carbonyl (C=O) groups excluding carboxylic acids is 3. The molecule has 0 saturated carbocycles. The molecule has 0 heterocycles. The Labute approximate surface area is 152 Å². The smallest absolute Gasteiger partial charge is 0.408 e. The average Bonchev–Trinajstić information content (AvgIpc) is 2.61. The van der Waals surface area contributed by atoms with E-state index in [1.807, 2.05) is 6.07 Å². The van der Waals surface area contributed by atoms with Gasteiger partial charge in [-0.15, -0.1) is 6.58 Å². The molecular formula is C18H25N3O5. The second-order valence-corrected chi connectivity index (χ2v) is 5.75. The first-order valence-electron chi connectivity index (χ1n) is 8.21. The maximum absolute atomic E-state index is 12.3. The number of ether oxygens (including phenoxy) is 1. The van der Waals surface area contributed by atoms with E-state index in [-0.39, 0.29) is 13.0 Å². The van der Waals surface area contributed by atoms with Gasteiger partial charge in [0.05, 0.1) is 6.10 Å². The number of nitrogens with one attached hydrogen (secondary N) is 2. The number of rotatable bonds is 10. The van der Waals surface area contributed by atoms with Crippen LogP contribution in [0.25, 0.3) is 0 Å². The van der Waals surface area contributed by atoms with Crippen LogP contribution in [0.3, 0.4) is 0 Å².